The van der Waals surface area contributed by atoms with Gasteiger partial charge in [-0.15, -0.1) is 16.7 Å². The Balaban J connectivity index is 0.000000146. The SMILES string of the molecule is CSc1nc(Br)cn2ccnc12.[C-]#[N+]c1cn2ccnc2c(SC)n1. The van der Waals surface area contributed by atoms with Gasteiger partial charge in [0.25, 0.3) is 5.82 Å². The van der Waals surface area contributed by atoms with Gasteiger partial charge in [-0.2, -0.15) is 0 Å². The first-order valence-corrected chi connectivity index (χ1v) is 10.2. The molecule has 0 aliphatic rings. The lowest BCUT2D eigenvalue weighted by atomic mass is 10.6. The van der Waals surface area contributed by atoms with Crippen LogP contribution in [-0.4, -0.2) is 41.2 Å². The van der Waals surface area contributed by atoms with Crippen molar-refractivity contribution in [2.24, 2.45) is 0 Å². The fourth-order valence-electron chi connectivity index (χ4n) is 2.09. The third kappa shape index (κ3) is 3.78. The van der Waals surface area contributed by atoms with Crippen molar-refractivity contribution in [3.63, 3.8) is 0 Å². The molecule has 0 amide bonds. The molecule has 7 nitrogen and oxygen atoms in total. The van der Waals surface area contributed by atoms with Crippen LogP contribution in [0, 0.1) is 6.57 Å². The number of halogens is 1. The van der Waals surface area contributed by atoms with Gasteiger partial charge in [-0.3, -0.25) is 0 Å². The number of aromatic nitrogens is 6. The lowest BCUT2D eigenvalue weighted by molar-refractivity contribution is 1.01. The van der Waals surface area contributed by atoms with Gasteiger partial charge in [-0.25, -0.2) is 15.0 Å². The Bertz CT molecular complexity index is 1070. The van der Waals surface area contributed by atoms with E-state index in [9.17, 15) is 0 Å². The zero-order valence-corrected chi connectivity index (χ0v) is 16.5. The molecule has 0 N–H and O–H groups in total. The molecule has 0 fully saturated rings. The maximum absolute atomic E-state index is 6.86. The van der Waals surface area contributed by atoms with Gasteiger partial charge < -0.3 is 13.6 Å². The third-order valence-electron chi connectivity index (χ3n) is 3.15. The van der Waals surface area contributed by atoms with Gasteiger partial charge in [0.15, 0.2) is 11.3 Å². The van der Waals surface area contributed by atoms with Crippen molar-refractivity contribution in [3.8, 4) is 0 Å². The molecule has 4 heterocycles. The van der Waals surface area contributed by atoms with Gasteiger partial charge in [0.05, 0.1) is 0 Å². The minimum absolute atomic E-state index is 0.398. The summed E-state index contributed by atoms with van der Waals surface area (Å²) in [5.41, 5.74) is 1.71. The summed E-state index contributed by atoms with van der Waals surface area (Å²) in [7, 11) is 0. The van der Waals surface area contributed by atoms with Crippen LogP contribution in [0.5, 0.6) is 0 Å². The van der Waals surface area contributed by atoms with Crippen molar-refractivity contribution in [2.75, 3.05) is 12.5 Å². The summed E-state index contributed by atoms with van der Waals surface area (Å²) in [6, 6.07) is 0. The zero-order valence-electron chi connectivity index (χ0n) is 13.3. The average Bonchev–Trinajstić information content (AvgIpc) is 3.29. The lowest BCUT2D eigenvalue weighted by Crippen LogP contribution is -1.90. The molecule has 0 aromatic carbocycles. The second-order valence-electron chi connectivity index (χ2n) is 4.61. The van der Waals surface area contributed by atoms with Crippen molar-refractivity contribution < 1.29 is 0 Å². The van der Waals surface area contributed by atoms with Crippen molar-refractivity contribution in [3.05, 3.63) is 53.2 Å². The molecule has 4 rings (SSSR count). The summed E-state index contributed by atoms with van der Waals surface area (Å²) in [6.07, 6.45) is 14.7. The Labute approximate surface area is 160 Å². The zero-order chi connectivity index (χ0) is 17.8. The molecule has 0 atom stereocenters. The molecule has 0 bridgehead atoms. The Kier molecular flexibility index (Phi) is 5.57. The van der Waals surface area contributed by atoms with E-state index in [4.69, 9.17) is 6.57 Å². The molecule has 4 aromatic heterocycles. The molecule has 126 valence electrons. The van der Waals surface area contributed by atoms with Crippen LogP contribution in [0.1, 0.15) is 0 Å². The van der Waals surface area contributed by atoms with Crippen molar-refractivity contribution >= 4 is 56.6 Å². The summed E-state index contributed by atoms with van der Waals surface area (Å²) < 4.78 is 4.59. The monoisotopic (exact) mass is 433 g/mol. The van der Waals surface area contributed by atoms with Gasteiger partial charge in [-0.05, 0) is 28.4 Å². The van der Waals surface area contributed by atoms with E-state index in [0.29, 0.717) is 5.82 Å². The van der Waals surface area contributed by atoms with E-state index in [1.165, 1.54) is 11.8 Å². The van der Waals surface area contributed by atoms with Crippen LogP contribution in [0.4, 0.5) is 5.82 Å². The minimum Gasteiger partial charge on any atom is -0.359 e. The van der Waals surface area contributed by atoms with Gasteiger partial charge in [0.2, 0.25) is 5.03 Å². The van der Waals surface area contributed by atoms with Crippen LogP contribution in [0.3, 0.4) is 0 Å². The topological polar surface area (TPSA) is 64.7 Å². The number of imidazole rings is 2. The van der Waals surface area contributed by atoms with E-state index in [-0.39, 0.29) is 0 Å². The van der Waals surface area contributed by atoms with E-state index in [1.54, 1.807) is 30.4 Å². The van der Waals surface area contributed by atoms with E-state index < -0.39 is 0 Å². The molecule has 0 saturated heterocycles. The normalized spacial score (nSPS) is 10.5. The molecule has 0 aliphatic heterocycles. The predicted molar refractivity (Wildman–Crippen MR) is 103 cm³/mol. The number of thioether (sulfide) groups is 2. The molecule has 0 aliphatic carbocycles. The van der Waals surface area contributed by atoms with Crippen LogP contribution in [0.25, 0.3) is 16.1 Å². The number of fused-ring (bicyclic) bond motifs is 2. The maximum Gasteiger partial charge on any atom is 0.287 e. The summed E-state index contributed by atoms with van der Waals surface area (Å²) >= 11 is 6.42. The van der Waals surface area contributed by atoms with Crippen molar-refractivity contribution in [1.29, 1.82) is 0 Å². The van der Waals surface area contributed by atoms with Crippen molar-refractivity contribution in [2.45, 2.75) is 10.1 Å². The van der Waals surface area contributed by atoms with Crippen LogP contribution in [0.2, 0.25) is 0 Å². The molecule has 10 heteroatoms. The molecule has 0 spiro atoms. The smallest absolute Gasteiger partial charge is 0.287 e. The Hall–Kier alpha value is -2.09. The van der Waals surface area contributed by atoms with Gasteiger partial charge in [0, 0.05) is 37.2 Å². The molecule has 25 heavy (non-hydrogen) atoms. The average molecular weight is 434 g/mol. The van der Waals surface area contributed by atoms with Crippen LogP contribution in [0.15, 0.2) is 51.8 Å². The van der Waals surface area contributed by atoms with Gasteiger partial charge >= 0.3 is 0 Å². The second-order valence-corrected chi connectivity index (χ2v) is 7.01. The highest BCUT2D eigenvalue weighted by Gasteiger charge is 2.08. The maximum atomic E-state index is 6.86. The Morgan fingerprint density at radius 2 is 1.52 bits per heavy atom. The van der Waals surface area contributed by atoms with Crippen LogP contribution < -0.4 is 0 Å². The molecular weight excluding hydrogens is 422 g/mol. The number of rotatable bonds is 2. The standard InChI is InChI=1S/C8H6N4S.C7H6BrN3S/c1-9-6-5-12-4-3-10-7(12)8(11-6)13-2;1-12-7-6-9-2-3-11(6)4-5(8)10-7/h3-5H,2H3;2-4H,1H3. The van der Waals surface area contributed by atoms with Crippen LogP contribution in [-0.2, 0) is 0 Å². The lowest BCUT2D eigenvalue weighted by Gasteiger charge is -1.99. The number of hydrogen-bond donors (Lipinski definition) is 0. The highest BCUT2D eigenvalue weighted by atomic mass is 79.9. The van der Waals surface area contributed by atoms with Gasteiger partial charge in [-0.1, -0.05) is 18.3 Å². The number of hydrogen-bond acceptors (Lipinski definition) is 6. The first-order chi connectivity index (χ1) is 12.2. The number of nitrogens with zero attached hydrogens (tertiary/aromatic N) is 7. The summed E-state index contributed by atoms with van der Waals surface area (Å²) in [5.74, 6) is 0.398. The first kappa shape index (κ1) is 17.7. The minimum atomic E-state index is 0.398. The molecule has 0 radical (unpaired) electrons. The van der Waals surface area contributed by atoms with E-state index in [0.717, 1.165) is 25.9 Å². The predicted octanol–water partition coefficient (Wildman–Crippen LogP) is 4.22. The Morgan fingerprint density at radius 3 is 2.08 bits per heavy atom. The van der Waals surface area contributed by atoms with E-state index >= 15 is 0 Å². The summed E-state index contributed by atoms with van der Waals surface area (Å²) in [4.78, 5) is 20.0. The van der Waals surface area contributed by atoms with E-state index in [1.807, 2.05) is 39.9 Å². The fraction of sp³-hybridized carbons (Fsp3) is 0.133. The first-order valence-electron chi connectivity index (χ1n) is 6.94. The second kappa shape index (κ2) is 7.86. The quantitative estimate of drug-likeness (QED) is 0.348. The van der Waals surface area contributed by atoms with Crippen molar-refractivity contribution in [1.82, 2.24) is 28.7 Å². The Morgan fingerprint density at radius 1 is 0.960 bits per heavy atom. The summed E-state index contributed by atoms with van der Waals surface area (Å²) in [5, 5.41) is 1.73. The van der Waals surface area contributed by atoms with Gasteiger partial charge in [0.1, 0.15) is 9.63 Å². The molecule has 4 aromatic rings. The highest BCUT2D eigenvalue weighted by Crippen LogP contribution is 2.21. The third-order valence-corrected chi connectivity index (χ3v) is 4.85. The molecule has 0 unspecified atom stereocenters. The van der Waals surface area contributed by atoms with Crippen LogP contribution >= 0.6 is 39.5 Å². The summed E-state index contributed by atoms with van der Waals surface area (Å²) in [6.45, 7) is 6.86. The van der Waals surface area contributed by atoms with E-state index in [2.05, 4.69) is 40.7 Å². The highest BCUT2D eigenvalue weighted by molar-refractivity contribution is 9.10. The largest absolute Gasteiger partial charge is 0.359 e. The fourth-order valence-corrected chi connectivity index (χ4v) is 3.66. The molecule has 0 saturated carbocycles. The molecular formula is C15H12BrN7S2.